The van der Waals surface area contributed by atoms with Gasteiger partial charge in [-0.15, -0.1) is 0 Å². The summed E-state index contributed by atoms with van der Waals surface area (Å²) >= 11 is 0. The molecule has 1 heterocycles. The molecule has 0 amide bonds. The number of hydrogen-bond donors (Lipinski definition) is 1. The van der Waals surface area contributed by atoms with E-state index in [1.165, 1.54) is 0 Å². The van der Waals surface area contributed by atoms with Crippen molar-refractivity contribution in [2.24, 2.45) is 0 Å². The van der Waals surface area contributed by atoms with Gasteiger partial charge >= 0.3 is 0 Å². The zero-order valence-corrected chi connectivity index (χ0v) is 5.94. The Bertz CT molecular complexity index is 182. The summed E-state index contributed by atoms with van der Waals surface area (Å²) in [7, 11) is -3.01. The molecule has 4 nitrogen and oxygen atoms in total. The molecule has 1 rings (SSSR count). The number of sulfonamides is 1. The van der Waals surface area contributed by atoms with Crippen molar-refractivity contribution in [1.29, 1.82) is 0 Å². The van der Waals surface area contributed by atoms with Crippen LogP contribution in [0.15, 0.2) is 0 Å². The van der Waals surface area contributed by atoms with Crippen LogP contribution in [0.4, 0.5) is 0 Å². The predicted octanol–water partition coefficient (Wildman–Crippen LogP) is -1.07. The lowest BCUT2D eigenvalue weighted by Gasteiger charge is -1.95. The van der Waals surface area contributed by atoms with Gasteiger partial charge in [0.15, 0.2) is 0 Å². The van der Waals surface area contributed by atoms with Crippen LogP contribution in [0, 0.1) is 0 Å². The second-order valence-electron chi connectivity index (χ2n) is 2.08. The van der Waals surface area contributed by atoms with E-state index in [1.54, 1.807) is 0 Å². The van der Waals surface area contributed by atoms with Crippen LogP contribution < -0.4 is 4.72 Å². The van der Waals surface area contributed by atoms with E-state index in [-0.39, 0.29) is 6.10 Å². The van der Waals surface area contributed by atoms with Gasteiger partial charge in [0.05, 0.1) is 19.0 Å². The van der Waals surface area contributed by atoms with Crippen LogP contribution in [0.5, 0.6) is 0 Å². The van der Waals surface area contributed by atoms with E-state index < -0.39 is 10.0 Å². The van der Waals surface area contributed by atoms with Gasteiger partial charge in [-0.25, -0.2) is 13.1 Å². The molecule has 0 aromatic heterocycles. The molecule has 5 heteroatoms. The van der Waals surface area contributed by atoms with Crippen molar-refractivity contribution in [2.45, 2.75) is 6.10 Å². The van der Waals surface area contributed by atoms with Crippen molar-refractivity contribution < 1.29 is 13.2 Å². The molecule has 1 unspecified atom stereocenters. The minimum Gasteiger partial charge on any atom is -0.372 e. The Labute approximate surface area is 54.3 Å². The third-order valence-corrected chi connectivity index (χ3v) is 1.67. The van der Waals surface area contributed by atoms with Crippen LogP contribution in [0.1, 0.15) is 0 Å². The van der Waals surface area contributed by atoms with Crippen molar-refractivity contribution in [1.82, 2.24) is 4.72 Å². The Morgan fingerprint density at radius 3 is 2.67 bits per heavy atom. The molecule has 0 aromatic carbocycles. The highest BCUT2D eigenvalue weighted by atomic mass is 32.2. The Kier molecular flexibility index (Phi) is 1.74. The van der Waals surface area contributed by atoms with E-state index in [1.807, 2.05) is 0 Å². The second kappa shape index (κ2) is 2.24. The molecule has 54 valence electrons. The van der Waals surface area contributed by atoms with E-state index in [9.17, 15) is 8.42 Å². The zero-order valence-electron chi connectivity index (χ0n) is 5.12. The molecule has 0 radical (unpaired) electrons. The van der Waals surface area contributed by atoms with Crippen molar-refractivity contribution >= 4 is 10.0 Å². The first-order valence-corrected chi connectivity index (χ1v) is 4.53. The van der Waals surface area contributed by atoms with E-state index in [4.69, 9.17) is 4.74 Å². The van der Waals surface area contributed by atoms with Crippen LogP contribution in [0.3, 0.4) is 0 Å². The highest BCUT2D eigenvalue weighted by molar-refractivity contribution is 7.88. The summed E-state index contributed by atoms with van der Waals surface area (Å²) in [6.45, 7) is 1.10. The SMILES string of the molecule is CS(=O)(=O)NCC1CO1. The van der Waals surface area contributed by atoms with Gasteiger partial charge in [0, 0.05) is 6.54 Å². The third kappa shape index (κ3) is 3.45. The molecule has 0 bridgehead atoms. The summed E-state index contributed by atoms with van der Waals surface area (Å²) in [4.78, 5) is 0. The average molecular weight is 151 g/mol. The van der Waals surface area contributed by atoms with Gasteiger partial charge in [-0.2, -0.15) is 0 Å². The summed E-state index contributed by atoms with van der Waals surface area (Å²) in [5.74, 6) is 0. The summed E-state index contributed by atoms with van der Waals surface area (Å²) in [6, 6.07) is 0. The maximum absolute atomic E-state index is 10.4. The topological polar surface area (TPSA) is 58.7 Å². The smallest absolute Gasteiger partial charge is 0.208 e. The Hall–Kier alpha value is -0.130. The third-order valence-electron chi connectivity index (χ3n) is 0.976. The lowest BCUT2D eigenvalue weighted by Crippen LogP contribution is -2.26. The van der Waals surface area contributed by atoms with Crippen molar-refractivity contribution in [2.75, 3.05) is 19.4 Å². The molecule has 1 fully saturated rings. The molecular formula is C4H9NO3S. The monoisotopic (exact) mass is 151 g/mol. The van der Waals surface area contributed by atoms with Crippen LogP contribution in [0.25, 0.3) is 0 Å². The van der Waals surface area contributed by atoms with Gasteiger partial charge in [0.25, 0.3) is 0 Å². The molecule has 1 aliphatic heterocycles. The fraction of sp³-hybridized carbons (Fsp3) is 1.00. The standard InChI is InChI=1S/C4H9NO3S/c1-9(6,7)5-2-4-3-8-4/h4-5H,2-3H2,1H3. The molecule has 0 spiro atoms. The summed E-state index contributed by atoms with van der Waals surface area (Å²) in [6.07, 6.45) is 1.26. The first-order chi connectivity index (χ1) is 4.08. The van der Waals surface area contributed by atoms with Gasteiger partial charge in [-0.05, 0) is 0 Å². The number of ether oxygens (including phenoxy) is 1. The van der Waals surface area contributed by atoms with Gasteiger partial charge in [0.1, 0.15) is 0 Å². The zero-order chi connectivity index (χ0) is 6.91. The molecule has 1 saturated heterocycles. The average Bonchev–Trinajstić information content (AvgIpc) is 2.38. The highest BCUT2D eigenvalue weighted by Crippen LogP contribution is 2.06. The molecular weight excluding hydrogens is 142 g/mol. The van der Waals surface area contributed by atoms with E-state index >= 15 is 0 Å². The largest absolute Gasteiger partial charge is 0.372 e. The number of rotatable bonds is 3. The number of epoxide rings is 1. The Balaban J connectivity index is 2.18. The maximum Gasteiger partial charge on any atom is 0.208 e. The van der Waals surface area contributed by atoms with E-state index in [2.05, 4.69) is 4.72 Å². The summed E-state index contributed by atoms with van der Waals surface area (Å²) < 4.78 is 27.9. The van der Waals surface area contributed by atoms with Crippen LogP contribution in [-0.4, -0.2) is 33.9 Å². The molecule has 1 N–H and O–H groups in total. The molecule has 0 aromatic rings. The van der Waals surface area contributed by atoms with Gasteiger partial charge < -0.3 is 4.74 Å². The van der Waals surface area contributed by atoms with Gasteiger partial charge in [-0.3, -0.25) is 0 Å². The predicted molar refractivity (Wildman–Crippen MR) is 32.6 cm³/mol. The fourth-order valence-electron chi connectivity index (χ4n) is 0.430. The number of hydrogen-bond acceptors (Lipinski definition) is 3. The van der Waals surface area contributed by atoms with Crippen molar-refractivity contribution in [3.8, 4) is 0 Å². The number of nitrogens with one attached hydrogen (secondary N) is 1. The van der Waals surface area contributed by atoms with Gasteiger partial charge in [-0.1, -0.05) is 0 Å². The Morgan fingerprint density at radius 1 is 1.78 bits per heavy atom. The lowest BCUT2D eigenvalue weighted by atomic mass is 10.5. The minimum atomic E-state index is -3.01. The lowest BCUT2D eigenvalue weighted by molar-refractivity contribution is 0.407. The first-order valence-electron chi connectivity index (χ1n) is 2.64. The summed E-state index contributed by atoms with van der Waals surface area (Å²) in [5, 5.41) is 0. The molecule has 1 atom stereocenters. The first kappa shape index (κ1) is 6.98. The van der Waals surface area contributed by atoms with Crippen LogP contribution in [0.2, 0.25) is 0 Å². The van der Waals surface area contributed by atoms with Gasteiger partial charge in [0.2, 0.25) is 10.0 Å². The van der Waals surface area contributed by atoms with E-state index in [0.29, 0.717) is 13.2 Å². The van der Waals surface area contributed by atoms with Crippen LogP contribution in [-0.2, 0) is 14.8 Å². The quantitative estimate of drug-likeness (QED) is 0.523. The Morgan fingerprint density at radius 2 is 2.33 bits per heavy atom. The highest BCUT2D eigenvalue weighted by Gasteiger charge is 2.22. The van der Waals surface area contributed by atoms with Crippen molar-refractivity contribution in [3.05, 3.63) is 0 Å². The van der Waals surface area contributed by atoms with E-state index in [0.717, 1.165) is 6.26 Å². The molecule has 0 aliphatic carbocycles. The summed E-state index contributed by atoms with van der Waals surface area (Å²) in [5.41, 5.74) is 0. The minimum absolute atomic E-state index is 0.125. The van der Waals surface area contributed by atoms with Crippen LogP contribution >= 0.6 is 0 Å². The maximum atomic E-state index is 10.4. The fourth-order valence-corrected chi connectivity index (χ4v) is 0.919. The van der Waals surface area contributed by atoms with Crippen molar-refractivity contribution in [3.63, 3.8) is 0 Å². The molecule has 9 heavy (non-hydrogen) atoms. The molecule has 1 aliphatic rings. The normalized spacial score (nSPS) is 26.1. The second-order valence-corrected chi connectivity index (χ2v) is 3.91. The molecule has 0 saturated carbocycles.